The number of pyridine rings is 1. The van der Waals surface area contributed by atoms with Crippen LogP contribution in [0, 0.1) is 6.92 Å². The normalized spacial score (nSPS) is 17.8. The smallest absolute Gasteiger partial charge is 0.290 e. The van der Waals surface area contributed by atoms with Crippen LogP contribution >= 0.6 is 0 Å². The summed E-state index contributed by atoms with van der Waals surface area (Å²) in [6.45, 7) is 4.52. The van der Waals surface area contributed by atoms with Crippen LogP contribution in [-0.2, 0) is 6.42 Å². The Morgan fingerprint density at radius 1 is 1.38 bits per heavy atom. The Labute approximate surface area is 138 Å². The predicted octanol–water partition coefficient (Wildman–Crippen LogP) is 3.06. The maximum absolute atomic E-state index is 12.9. The summed E-state index contributed by atoms with van der Waals surface area (Å²) in [5, 5.41) is 4.03. The van der Waals surface area contributed by atoms with E-state index in [9.17, 15) is 4.79 Å². The van der Waals surface area contributed by atoms with E-state index in [4.69, 9.17) is 8.94 Å². The van der Waals surface area contributed by atoms with Crippen LogP contribution in [0.5, 0.6) is 0 Å². The summed E-state index contributed by atoms with van der Waals surface area (Å²) in [6, 6.07) is 5.24. The number of furan rings is 1. The highest BCUT2D eigenvalue weighted by atomic mass is 16.5. The van der Waals surface area contributed by atoms with E-state index in [2.05, 4.69) is 15.1 Å². The fourth-order valence-electron chi connectivity index (χ4n) is 3.10. The zero-order chi connectivity index (χ0) is 16.7. The van der Waals surface area contributed by atoms with E-state index < -0.39 is 0 Å². The molecule has 3 aromatic heterocycles. The Morgan fingerprint density at radius 2 is 2.25 bits per heavy atom. The molecule has 0 saturated carbocycles. The van der Waals surface area contributed by atoms with Crippen molar-refractivity contribution < 1.29 is 13.7 Å². The molecule has 1 aliphatic rings. The lowest BCUT2D eigenvalue weighted by atomic mass is 10.2. The second-order valence-corrected chi connectivity index (χ2v) is 6.00. The van der Waals surface area contributed by atoms with Crippen LogP contribution in [0.25, 0.3) is 11.1 Å². The van der Waals surface area contributed by atoms with Gasteiger partial charge in [0.1, 0.15) is 5.52 Å². The van der Waals surface area contributed by atoms with Gasteiger partial charge in [-0.15, -0.1) is 0 Å². The Bertz CT molecular complexity index is 898. The summed E-state index contributed by atoms with van der Waals surface area (Å²) < 4.78 is 10.9. The molecule has 1 saturated heterocycles. The average Bonchev–Trinajstić information content (AvgIpc) is 3.31. The molecule has 3 aromatic rings. The van der Waals surface area contributed by atoms with Gasteiger partial charge in [0.25, 0.3) is 5.91 Å². The van der Waals surface area contributed by atoms with Crippen molar-refractivity contribution in [2.24, 2.45) is 0 Å². The summed E-state index contributed by atoms with van der Waals surface area (Å²) in [7, 11) is 0. The molecule has 0 spiro atoms. The number of hydrogen-bond donors (Lipinski definition) is 0. The van der Waals surface area contributed by atoms with Gasteiger partial charge in [0.05, 0.1) is 6.04 Å². The van der Waals surface area contributed by atoms with Crippen LogP contribution in [0.2, 0.25) is 0 Å². The third-order valence-corrected chi connectivity index (χ3v) is 4.32. The monoisotopic (exact) mass is 326 g/mol. The van der Waals surface area contributed by atoms with Crippen molar-refractivity contribution in [1.29, 1.82) is 0 Å². The minimum absolute atomic E-state index is 0.156. The summed E-state index contributed by atoms with van der Waals surface area (Å²) in [5.74, 6) is 1.31. The van der Waals surface area contributed by atoms with Crippen molar-refractivity contribution in [2.75, 3.05) is 6.54 Å². The molecule has 1 unspecified atom stereocenters. The highest BCUT2D eigenvalue weighted by Crippen LogP contribution is 2.32. The van der Waals surface area contributed by atoms with E-state index in [1.165, 1.54) is 0 Å². The van der Waals surface area contributed by atoms with Crippen molar-refractivity contribution in [2.45, 2.75) is 39.2 Å². The van der Waals surface area contributed by atoms with Gasteiger partial charge in [-0.25, -0.2) is 4.98 Å². The van der Waals surface area contributed by atoms with Crippen LogP contribution in [-0.4, -0.2) is 32.5 Å². The number of amides is 1. The molecule has 0 radical (unpaired) electrons. The number of carbonyl (C=O) groups is 1. The number of hydrogen-bond acceptors (Lipinski definition) is 6. The fourth-order valence-corrected chi connectivity index (χ4v) is 3.10. The van der Waals surface area contributed by atoms with Gasteiger partial charge in [-0.05, 0) is 31.9 Å². The number of aryl methyl sites for hydroxylation is 2. The molecular formula is C17H18N4O3. The number of nitrogens with zero attached hydrogens (tertiary/aromatic N) is 4. The molecule has 0 N–H and O–H groups in total. The largest absolute Gasteiger partial charge is 0.449 e. The number of fused-ring (bicyclic) bond motifs is 1. The second kappa shape index (κ2) is 5.74. The molecule has 0 aromatic carbocycles. The summed E-state index contributed by atoms with van der Waals surface area (Å²) >= 11 is 0. The van der Waals surface area contributed by atoms with Crippen molar-refractivity contribution in [3.8, 4) is 0 Å². The van der Waals surface area contributed by atoms with E-state index in [0.717, 1.165) is 18.5 Å². The molecule has 24 heavy (non-hydrogen) atoms. The first-order valence-corrected chi connectivity index (χ1v) is 8.16. The van der Waals surface area contributed by atoms with Gasteiger partial charge in [-0.3, -0.25) is 4.79 Å². The lowest BCUT2D eigenvalue weighted by molar-refractivity contribution is 0.0698. The van der Waals surface area contributed by atoms with E-state index >= 15 is 0 Å². The van der Waals surface area contributed by atoms with Crippen molar-refractivity contribution in [3.05, 3.63) is 41.4 Å². The first-order chi connectivity index (χ1) is 11.7. The SMILES string of the molecule is CCc1nc(C2CCCN2C(=O)c2cc3nc(C)ccc3o2)no1. The molecular weight excluding hydrogens is 308 g/mol. The van der Waals surface area contributed by atoms with E-state index in [-0.39, 0.29) is 11.9 Å². The number of rotatable bonds is 3. The summed E-state index contributed by atoms with van der Waals surface area (Å²) in [4.78, 5) is 23.4. The van der Waals surface area contributed by atoms with Gasteiger partial charge < -0.3 is 13.8 Å². The van der Waals surface area contributed by atoms with Crippen molar-refractivity contribution in [1.82, 2.24) is 20.0 Å². The van der Waals surface area contributed by atoms with Gasteiger partial charge in [0.15, 0.2) is 17.2 Å². The molecule has 7 heteroatoms. The zero-order valence-electron chi connectivity index (χ0n) is 13.7. The maximum atomic E-state index is 12.9. The lowest BCUT2D eigenvalue weighted by Crippen LogP contribution is -2.30. The van der Waals surface area contributed by atoms with Gasteiger partial charge >= 0.3 is 0 Å². The molecule has 0 bridgehead atoms. The van der Waals surface area contributed by atoms with Crippen LogP contribution in [0.1, 0.15) is 53.8 Å². The predicted molar refractivity (Wildman–Crippen MR) is 85.4 cm³/mol. The first-order valence-electron chi connectivity index (χ1n) is 8.16. The average molecular weight is 326 g/mol. The number of likely N-dealkylation sites (tertiary alicyclic amines) is 1. The van der Waals surface area contributed by atoms with Crippen molar-refractivity contribution >= 4 is 17.0 Å². The second-order valence-electron chi connectivity index (χ2n) is 6.00. The molecule has 0 aliphatic carbocycles. The molecule has 7 nitrogen and oxygen atoms in total. The van der Waals surface area contributed by atoms with Crippen LogP contribution in [0.4, 0.5) is 0 Å². The number of carbonyl (C=O) groups excluding carboxylic acids is 1. The Balaban J connectivity index is 1.64. The molecule has 1 amide bonds. The van der Waals surface area contributed by atoms with E-state index in [0.29, 0.717) is 41.5 Å². The first kappa shape index (κ1) is 14.9. The molecule has 124 valence electrons. The van der Waals surface area contributed by atoms with E-state index in [1.54, 1.807) is 11.0 Å². The minimum atomic E-state index is -0.163. The zero-order valence-corrected chi connectivity index (χ0v) is 13.7. The fraction of sp³-hybridized carbons (Fsp3) is 0.412. The van der Waals surface area contributed by atoms with Crippen molar-refractivity contribution in [3.63, 3.8) is 0 Å². The molecule has 1 atom stereocenters. The Hall–Kier alpha value is -2.70. The summed E-state index contributed by atoms with van der Waals surface area (Å²) in [6.07, 6.45) is 2.41. The minimum Gasteiger partial charge on any atom is -0.449 e. The van der Waals surface area contributed by atoms with Crippen LogP contribution in [0.3, 0.4) is 0 Å². The number of aromatic nitrogens is 3. The molecule has 4 heterocycles. The topological polar surface area (TPSA) is 85.3 Å². The highest BCUT2D eigenvalue weighted by molar-refractivity contribution is 5.95. The maximum Gasteiger partial charge on any atom is 0.290 e. The van der Waals surface area contributed by atoms with Gasteiger partial charge in [-0.2, -0.15) is 4.98 Å². The standard InChI is InChI=1S/C17H18N4O3/c1-3-15-19-16(20-24-15)12-5-4-8-21(12)17(22)14-9-11-13(23-14)7-6-10(2)18-11/h6-7,9,12H,3-5,8H2,1-2H3. The molecule has 1 aliphatic heterocycles. The van der Waals surface area contributed by atoms with Gasteiger partial charge in [-0.1, -0.05) is 12.1 Å². The quantitative estimate of drug-likeness (QED) is 0.735. The van der Waals surface area contributed by atoms with Gasteiger partial charge in [0.2, 0.25) is 5.89 Å². The summed E-state index contributed by atoms with van der Waals surface area (Å²) in [5.41, 5.74) is 2.20. The Kier molecular flexibility index (Phi) is 3.55. The molecule has 1 fully saturated rings. The molecule has 4 rings (SSSR count). The third kappa shape index (κ3) is 2.46. The highest BCUT2D eigenvalue weighted by Gasteiger charge is 2.35. The van der Waals surface area contributed by atoms with Gasteiger partial charge in [0, 0.05) is 24.7 Å². The van der Waals surface area contributed by atoms with E-state index in [1.807, 2.05) is 26.0 Å². The van der Waals surface area contributed by atoms with Crippen LogP contribution < -0.4 is 0 Å². The Morgan fingerprint density at radius 3 is 3.04 bits per heavy atom. The third-order valence-electron chi connectivity index (χ3n) is 4.32. The lowest BCUT2D eigenvalue weighted by Gasteiger charge is -2.20. The van der Waals surface area contributed by atoms with Crippen LogP contribution in [0.15, 0.2) is 27.1 Å².